The molecule has 0 bridgehead atoms. The zero-order valence-corrected chi connectivity index (χ0v) is 14.9. The van der Waals surface area contributed by atoms with Gasteiger partial charge in [-0.15, -0.1) is 11.3 Å². The van der Waals surface area contributed by atoms with Crippen LogP contribution in [-0.2, 0) is 11.3 Å². The number of urea groups is 1. The summed E-state index contributed by atoms with van der Waals surface area (Å²) in [4.78, 5) is 19.8. The minimum absolute atomic E-state index is 0.143. The summed E-state index contributed by atoms with van der Waals surface area (Å²) in [6.07, 6.45) is 0. The Morgan fingerprint density at radius 1 is 1.12 bits per heavy atom. The van der Waals surface area contributed by atoms with Crippen LogP contribution in [0.25, 0.3) is 10.6 Å². The molecule has 0 saturated carbocycles. The molecule has 2 aromatic rings. The topological polar surface area (TPSA) is 62.1 Å². The molecule has 2 saturated heterocycles. The van der Waals surface area contributed by atoms with Gasteiger partial charge in [-0.3, -0.25) is 4.90 Å². The first-order chi connectivity index (χ1) is 12.3. The normalized spacial score (nSPS) is 19.4. The van der Waals surface area contributed by atoms with Crippen LogP contribution in [-0.4, -0.2) is 78.4 Å². The van der Waals surface area contributed by atoms with Crippen LogP contribution in [0.3, 0.4) is 0 Å². The number of carbonyl (C=O) groups is 1. The van der Waals surface area contributed by atoms with Crippen molar-refractivity contribution in [1.29, 1.82) is 0 Å². The SMILES string of the molecule is O=C(N1CCOCC1)N1CCN(Cc2cc(-c3cccs3)on2)CC1. The first-order valence-electron chi connectivity index (χ1n) is 8.63. The predicted octanol–water partition coefficient (Wildman–Crippen LogP) is 1.97. The van der Waals surface area contributed by atoms with Crippen LogP contribution in [0.4, 0.5) is 4.79 Å². The molecule has 0 aromatic carbocycles. The summed E-state index contributed by atoms with van der Waals surface area (Å²) < 4.78 is 10.8. The summed E-state index contributed by atoms with van der Waals surface area (Å²) in [6.45, 7) is 6.67. The van der Waals surface area contributed by atoms with Crippen molar-refractivity contribution < 1.29 is 14.1 Å². The first kappa shape index (κ1) is 16.6. The van der Waals surface area contributed by atoms with Crippen molar-refractivity contribution in [1.82, 2.24) is 19.9 Å². The number of piperazine rings is 1. The highest BCUT2D eigenvalue weighted by atomic mass is 32.1. The van der Waals surface area contributed by atoms with Crippen molar-refractivity contribution in [3.8, 4) is 10.6 Å². The Morgan fingerprint density at radius 3 is 2.60 bits per heavy atom. The molecule has 0 spiro atoms. The smallest absolute Gasteiger partial charge is 0.320 e. The van der Waals surface area contributed by atoms with E-state index in [1.54, 1.807) is 11.3 Å². The third kappa shape index (κ3) is 3.86. The Kier molecular flexibility index (Phi) is 5.00. The second-order valence-corrected chi connectivity index (χ2v) is 7.25. The van der Waals surface area contributed by atoms with Crippen molar-refractivity contribution in [3.05, 3.63) is 29.3 Å². The summed E-state index contributed by atoms with van der Waals surface area (Å²) in [5.74, 6) is 0.825. The van der Waals surface area contributed by atoms with Gasteiger partial charge in [0.05, 0.1) is 23.8 Å². The van der Waals surface area contributed by atoms with Gasteiger partial charge in [0, 0.05) is 51.9 Å². The minimum Gasteiger partial charge on any atom is -0.378 e. The summed E-state index contributed by atoms with van der Waals surface area (Å²) in [7, 11) is 0. The fourth-order valence-electron chi connectivity index (χ4n) is 3.20. The van der Waals surface area contributed by atoms with Crippen LogP contribution in [0.5, 0.6) is 0 Å². The molecule has 134 valence electrons. The molecule has 0 atom stereocenters. The number of nitrogens with zero attached hydrogens (tertiary/aromatic N) is 4. The Balaban J connectivity index is 1.28. The van der Waals surface area contributed by atoms with Crippen LogP contribution >= 0.6 is 11.3 Å². The van der Waals surface area contributed by atoms with Gasteiger partial charge < -0.3 is 19.1 Å². The lowest BCUT2D eigenvalue weighted by Gasteiger charge is -2.38. The molecule has 0 N–H and O–H groups in total. The lowest BCUT2D eigenvalue weighted by molar-refractivity contribution is 0.0372. The largest absolute Gasteiger partial charge is 0.378 e. The molecule has 4 heterocycles. The van der Waals surface area contributed by atoms with E-state index in [-0.39, 0.29) is 6.03 Å². The summed E-state index contributed by atoms with van der Waals surface area (Å²) in [5.41, 5.74) is 0.941. The fraction of sp³-hybridized carbons (Fsp3) is 0.529. The highest BCUT2D eigenvalue weighted by Gasteiger charge is 2.26. The molecule has 7 nitrogen and oxygen atoms in total. The molecular formula is C17H22N4O3S. The van der Waals surface area contributed by atoms with Crippen LogP contribution in [0.2, 0.25) is 0 Å². The molecule has 25 heavy (non-hydrogen) atoms. The molecule has 8 heteroatoms. The zero-order valence-electron chi connectivity index (χ0n) is 14.1. The van der Waals surface area contributed by atoms with Gasteiger partial charge in [0.2, 0.25) is 0 Å². The molecule has 2 fully saturated rings. The monoisotopic (exact) mass is 362 g/mol. The van der Waals surface area contributed by atoms with Gasteiger partial charge in [0.25, 0.3) is 0 Å². The molecule has 2 amide bonds. The van der Waals surface area contributed by atoms with E-state index >= 15 is 0 Å². The van der Waals surface area contributed by atoms with Crippen LogP contribution in [0.15, 0.2) is 28.1 Å². The molecule has 0 aliphatic carbocycles. The van der Waals surface area contributed by atoms with E-state index in [0.29, 0.717) is 26.3 Å². The van der Waals surface area contributed by atoms with Gasteiger partial charge in [-0.1, -0.05) is 11.2 Å². The molecule has 0 radical (unpaired) electrons. The fourth-order valence-corrected chi connectivity index (χ4v) is 3.88. The highest BCUT2D eigenvalue weighted by Crippen LogP contribution is 2.25. The number of thiophene rings is 1. The van der Waals surface area contributed by atoms with Gasteiger partial charge in [-0.05, 0) is 11.4 Å². The Hall–Kier alpha value is -1.90. The van der Waals surface area contributed by atoms with E-state index in [0.717, 1.165) is 49.1 Å². The lowest BCUT2D eigenvalue weighted by atomic mass is 10.2. The first-order valence-corrected chi connectivity index (χ1v) is 9.51. The number of ether oxygens (including phenoxy) is 1. The van der Waals surface area contributed by atoms with E-state index in [9.17, 15) is 4.79 Å². The third-order valence-electron chi connectivity index (χ3n) is 4.63. The number of amides is 2. The van der Waals surface area contributed by atoms with E-state index in [1.165, 1.54) is 0 Å². The number of carbonyl (C=O) groups excluding carboxylic acids is 1. The zero-order chi connectivity index (χ0) is 17.1. The number of morpholine rings is 1. The van der Waals surface area contributed by atoms with Gasteiger partial charge in [-0.2, -0.15) is 0 Å². The van der Waals surface area contributed by atoms with Crippen LogP contribution in [0.1, 0.15) is 5.69 Å². The van der Waals surface area contributed by atoms with Gasteiger partial charge >= 0.3 is 6.03 Å². The Morgan fingerprint density at radius 2 is 1.88 bits per heavy atom. The average molecular weight is 362 g/mol. The maximum atomic E-state index is 12.5. The van der Waals surface area contributed by atoms with Crippen molar-refractivity contribution in [2.24, 2.45) is 0 Å². The van der Waals surface area contributed by atoms with E-state index in [4.69, 9.17) is 9.26 Å². The van der Waals surface area contributed by atoms with Crippen LogP contribution < -0.4 is 0 Å². The predicted molar refractivity (Wildman–Crippen MR) is 94.5 cm³/mol. The summed E-state index contributed by atoms with van der Waals surface area (Å²) in [6, 6.07) is 6.19. The van der Waals surface area contributed by atoms with E-state index in [2.05, 4.69) is 10.1 Å². The average Bonchev–Trinajstić information content (AvgIpc) is 3.34. The summed E-state index contributed by atoms with van der Waals surface area (Å²) in [5, 5.41) is 6.21. The van der Waals surface area contributed by atoms with E-state index < -0.39 is 0 Å². The van der Waals surface area contributed by atoms with Crippen molar-refractivity contribution >= 4 is 17.4 Å². The second kappa shape index (κ2) is 7.55. The minimum atomic E-state index is 0.143. The Bertz CT molecular complexity index is 689. The van der Waals surface area contributed by atoms with E-state index in [1.807, 2.05) is 33.4 Å². The molecule has 2 aliphatic heterocycles. The van der Waals surface area contributed by atoms with Crippen molar-refractivity contribution in [2.75, 3.05) is 52.5 Å². The Labute approximate surface area is 150 Å². The molecule has 4 rings (SSSR count). The van der Waals surface area contributed by atoms with Gasteiger partial charge in [0.15, 0.2) is 5.76 Å². The van der Waals surface area contributed by atoms with Gasteiger partial charge in [0.1, 0.15) is 0 Å². The number of hydrogen-bond acceptors (Lipinski definition) is 6. The molecular weight excluding hydrogens is 340 g/mol. The highest BCUT2D eigenvalue weighted by molar-refractivity contribution is 7.13. The molecule has 2 aliphatic rings. The van der Waals surface area contributed by atoms with Gasteiger partial charge in [-0.25, -0.2) is 4.79 Å². The number of rotatable bonds is 3. The van der Waals surface area contributed by atoms with Crippen molar-refractivity contribution in [3.63, 3.8) is 0 Å². The maximum Gasteiger partial charge on any atom is 0.320 e. The maximum absolute atomic E-state index is 12.5. The number of aromatic nitrogens is 1. The van der Waals surface area contributed by atoms with Crippen molar-refractivity contribution in [2.45, 2.75) is 6.54 Å². The quantitative estimate of drug-likeness (QED) is 0.835. The third-order valence-corrected chi connectivity index (χ3v) is 5.52. The standard InChI is InChI=1S/C17H22N4O3S/c22-17(21-7-9-23-10-8-21)20-5-3-19(4-6-20)13-14-12-15(24-18-14)16-2-1-11-25-16/h1-2,11-12H,3-10,13H2. The van der Waals surface area contributed by atoms with Crippen LogP contribution in [0, 0.1) is 0 Å². The summed E-state index contributed by atoms with van der Waals surface area (Å²) >= 11 is 1.65. The molecule has 2 aromatic heterocycles. The lowest BCUT2D eigenvalue weighted by Crippen LogP contribution is -2.54. The number of hydrogen-bond donors (Lipinski definition) is 0. The second-order valence-electron chi connectivity index (χ2n) is 6.30. The molecule has 0 unspecified atom stereocenters.